The molecule has 1 amide bonds. The van der Waals surface area contributed by atoms with Crippen LogP contribution < -0.4 is 5.32 Å². The highest BCUT2D eigenvalue weighted by molar-refractivity contribution is 5.86. The van der Waals surface area contributed by atoms with Crippen LogP contribution in [0.3, 0.4) is 0 Å². The number of methoxy groups -OCH3 is 1. The molecule has 2 saturated carbocycles. The van der Waals surface area contributed by atoms with Crippen molar-refractivity contribution in [2.45, 2.75) is 181 Å². The van der Waals surface area contributed by atoms with E-state index in [1.807, 2.05) is 13.8 Å². The van der Waals surface area contributed by atoms with E-state index in [0.29, 0.717) is 24.8 Å². The van der Waals surface area contributed by atoms with Crippen molar-refractivity contribution in [3.8, 4) is 0 Å². The van der Waals surface area contributed by atoms with Gasteiger partial charge in [0.25, 0.3) is 0 Å². The van der Waals surface area contributed by atoms with E-state index in [-0.39, 0.29) is 23.2 Å². The summed E-state index contributed by atoms with van der Waals surface area (Å²) in [5.74, 6) is -2.72. The maximum absolute atomic E-state index is 13.7. The van der Waals surface area contributed by atoms with Crippen LogP contribution in [0.15, 0.2) is 41.5 Å². The molecule has 2 fully saturated rings. The number of fused-ring (bicyclic) bond motifs is 4. The molecule has 0 spiro atoms. The molecule has 1 aromatic rings. The summed E-state index contributed by atoms with van der Waals surface area (Å²) in [6, 6.07) is 6.92. The number of carbonyl (C=O) groups is 4. The number of hydrogen-bond donors (Lipinski definition) is 6. The van der Waals surface area contributed by atoms with E-state index >= 15 is 0 Å². The predicted octanol–water partition coefficient (Wildman–Crippen LogP) is 5.63. The second-order valence-electron chi connectivity index (χ2n) is 21.0. The second-order valence-corrected chi connectivity index (χ2v) is 21.0. The van der Waals surface area contributed by atoms with Gasteiger partial charge in [-0.25, -0.2) is 4.79 Å². The first-order valence-corrected chi connectivity index (χ1v) is 22.1. The number of amides is 1. The number of aliphatic hydroxyl groups is 5. The summed E-state index contributed by atoms with van der Waals surface area (Å²) >= 11 is 0. The van der Waals surface area contributed by atoms with Crippen molar-refractivity contribution < 1.29 is 58.9 Å². The van der Waals surface area contributed by atoms with Crippen LogP contribution in [0.1, 0.15) is 145 Å². The molecule has 4 aliphatic rings. The Balaban J connectivity index is 1.32. The summed E-state index contributed by atoms with van der Waals surface area (Å²) in [6.45, 7) is 18.7. The largest absolute Gasteiger partial charge is 0.467 e. The van der Waals surface area contributed by atoms with E-state index in [1.165, 1.54) is 25.0 Å². The molecule has 0 radical (unpaired) electrons. The summed E-state index contributed by atoms with van der Waals surface area (Å²) in [5.41, 5.74) is -2.04. The van der Waals surface area contributed by atoms with Gasteiger partial charge in [-0.15, -0.1) is 0 Å². The Morgan fingerprint density at radius 3 is 2.16 bits per heavy atom. The van der Waals surface area contributed by atoms with Crippen LogP contribution in [0, 0.1) is 39.4 Å². The first-order chi connectivity index (χ1) is 28.1. The van der Waals surface area contributed by atoms with E-state index in [9.17, 15) is 44.7 Å². The molecule has 0 heterocycles. The van der Waals surface area contributed by atoms with Gasteiger partial charge >= 0.3 is 17.9 Å². The zero-order valence-electron chi connectivity index (χ0n) is 38.2. The van der Waals surface area contributed by atoms with Crippen molar-refractivity contribution in [1.29, 1.82) is 0 Å². The Morgan fingerprint density at radius 1 is 0.934 bits per heavy atom. The number of aliphatic hydroxyl groups excluding tert-OH is 3. The Labute approximate surface area is 362 Å². The second kappa shape index (κ2) is 17.7. The molecule has 0 aromatic heterocycles. The van der Waals surface area contributed by atoms with Gasteiger partial charge in [0.2, 0.25) is 5.91 Å². The number of benzene rings is 1. The molecule has 13 atom stereocenters. The Kier molecular flexibility index (Phi) is 14.1. The minimum absolute atomic E-state index is 0.0320. The molecule has 13 unspecified atom stereocenters. The van der Waals surface area contributed by atoms with E-state index in [2.05, 4.69) is 33.0 Å². The summed E-state index contributed by atoms with van der Waals surface area (Å²) in [5, 5.41) is 59.1. The van der Waals surface area contributed by atoms with Crippen LogP contribution in [-0.2, 0) is 33.4 Å². The van der Waals surface area contributed by atoms with Gasteiger partial charge in [0.15, 0.2) is 12.1 Å². The third kappa shape index (κ3) is 9.33. The van der Waals surface area contributed by atoms with E-state index in [1.54, 1.807) is 44.2 Å². The van der Waals surface area contributed by atoms with Crippen LogP contribution >= 0.6 is 0 Å². The third-order valence-corrected chi connectivity index (χ3v) is 16.1. The number of nitrogens with one attached hydrogen (secondary N) is 1. The lowest BCUT2D eigenvalue weighted by Gasteiger charge is -2.64. The predicted molar refractivity (Wildman–Crippen MR) is 227 cm³/mol. The average molecular weight is 856 g/mol. The normalized spacial score (nSPS) is 33.7. The minimum Gasteiger partial charge on any atom is -0.467 e. The maximum atomic E-state index is 13.7. The van der Waals surface area contributed by atoms with Gasteiger partial charge in [-0.3, -0.25) is 14.4 Å². The highest BCUT2D eigenvalue weighted by Crippen LogP contribution is 2.72. The number of esters is 3. The van der Waals surface area contributed by atoms with Crippen LogP contribution in [0.2, 0.25) is 0 Å². The molecule has 61 heavy (non-hydrogen) atoms. The lowest BCUT2D eigenvalue weighted by Crippen LogP contribution is -2.62. The zero-order valence-corrected chi connectivity index (χ0v) is 38.2. The van der Waals surface area contributed by atoms with Gasteiger partial charge in [0.05, 0.1) is 49.5 Å². The summed E-state index contributed by atoms with van der Waals surface area (Å²) < 4.78 is 16.4. The lowest BCUT2D eigenvalue weighted by atomic mass is 9.42. The van der Waals surface area contributed by atoms with Crippen LogP contribution in [-0.4, -0.2) is 98.1 Å². The van der Waals surface area contributed by atoms with Gasteiger partial charge in [0.1, 0.15) is 6.10 Å². The van der Waals surface area contributed by atoms with E-state index < -0.39 is 101 Å². The highest BCUT2D eigenvalue weighted by atomic mass is 16.6. The quantitative estimate of drug-likeness (QED) is 0.0721. The lowest BCUT2D eigenvalue weighted by molar-refractivity contribution is -0.193. The molecular formula is C48H73NO12. The number of ether oxygens (including phenoxy) is 3. The fraction of sp³-hybridized carbons (Fsp3) is 0.750. The number of allylic oxidation sites excluding steroid dienone is 1. The molecule has 13 heteroatoms. The van der Waals surface area contributed by atoms with Gasteiger partial charge in [-0.05, 0) is 112 Å². The molecule has 4 aliphatic carbocycles. The minimum atomic E-state index is -1.93. The first kappa shape index (κ1) is 48.7. The molecule has 0 saturated heterocycles. The van der Waals surface area contributed by atoms with Gasteiger partial charge in [-0.2, -0.15) is 0 Å². The maximum Gasteiger partial charge on any atom is 0.332 e. The number of carbonyl (C=O) groups excluding carboxylic acids is 4. The molecular weight excluding hydrogens is 783 g/mol. The molecule has 13 nitrogen and oxygen atoms in total. The average Bonchev–Trinajstić information content (AvgIpc) is 3.45. The molecule has 0 aliphatic heterocycles. The summed E-state index contributed by atoms with van der Waals surface area (Å²) in [4.78, 5) is 52.0. The standard InChI is InChI=1S/C48H73NO12/c1-27(17-20-35(51)44(5,6)57)30-21-22-47(9)31-18-19-34-43(3,4)41(55)33(24-46(34,8)32(31)23-36(52)48(30,47)10)61-38(54)26-45(7,58)25-37(53)49-39(42(56)59-11)40(60-28(2)50)29-15-13-12-14-16-29/h12-16,27,30,33-36,39-41,51-52,55,57-58H,17-26H2,1-11H3,(H,49,53). The van der Waals surface area contributed by atoms with Gasteiger partial charge in [-0.1, -0.05) is 83.0 Å². The topological polar surface area (TPSA) is 209 Å². The summed E-state index contributed by atoms with van der Waals surface area (Å²) in [7, 11) is 1.13. The smallest absolute Gasteiger partial charge is 0.332 e. The van der Waals surface area contributed by atoms with Crippen molar-refractivity contribution in [3.63, 3.8) is 0 Å². The van der Waals surface area contributed by atoms with Crippen molar-refractivity contribution in [2.75, 3.05) is 7.11 Å². The first-order valence-electron chi connectivity index (χ1n) is 22.1. The highest BCUT2D eigenvalue weighted by Gasteiger charge is 2.67. The van der Waals surface area contributed by atoms with E-state index in [0.717, 1.165) is 39.2 Å². The summed E-state index contributed by atoms with van der Waals surface area (Å²) in [6.07, 6.45) is -0.346. The number of rotatable bonds is 15. The Hall–Kier alpha value is -3.36. The fourth-order valence-corrected chi connectivity index (χ4v) is 12.5. The van der Waals surface area contributed by atoms with Gasteiger partial charge in [0, 0.05) is 12.3 Å². The van der Waals surface area contributed by atoms with Crippen molar-refractivity contribution in [2.24, 2.45) is 39.4 Å². The zero-order chi connectivity index (χ0) is 45.7. The Bertz CT molecular complexity index is 1820. The molecule has 6 N–H and O–H groups in total. The van der Waals surface area contributed by atoms with Crippen LogP contribution in [0.25, 0.3) is 0 Å². The molecule has 0 bridgehead atoms. The van der Waals surface area contributed by atoms with Gasteiger partial charge < -0.3 is 45.1 Å². The number of hydrogen-bond acceptors (Lipinski definition) is 12. The van der Waals surface area contributed by atoms with Crippen molar-refractivity contribution in [3.05, 3.63) is 47.0 Å². The van der Waals surface area contributed by atoms with Crippen LogP contribution in [0.5, 0.6) is 0 Å². The molecule has 5 rings (SSSR count). The van der Waals surface area contributed by atoms with E-state index in [4.69, 9.17) is 14.2 Å². The third-order valence-electron chi connectivity index (χ3n) is 16.1. The van der Waals surface area contributed by atoms with Crippen molar-refractivity contribution >= 4 is 23.8 Å². The van der Waals surface area contributed by atoms with Crippen molar-refractivity contribution in [1.82, 2.24) is 5.32 Å². The fourth-order valence-electron chi connectivity index (χ4n) is 12.5. The van der Waals surface area contributed by atoms with Crippen LogP contribution in [0.4, 0.5) is 0 Å². The molecule has 1 aromatic carbocycles. The molecule has 342 valence electrons. The Morgan fingerprint density at radius 2 is 1.57 bits per heavy atom. The monoisotopic (exact) mass is 856 g/mol. The SMILES string of the molecule is COC(=O)C(NC(=O)CC(C)(O)CC(=O)OC1CC2(C)C3=C(CCC2C(C)(C)C1O)C1(C)CCC(C(C)CCC(O)C(C)(C)O)C1(C)C(O)C3)C(OC(C)=O)c1ccccc1.